The second-order valence-corrected chi connectivity index (χ2v) is 5.47. The van der Waals surface area contributed by atoms with Crippen molar-refractivity contribution in [3.63, 3.8) is 0 Å². The maximum Gasteiger partial charge on any atom is 0.0991 e. The van der Waals surface area contributed by atoms with Crippen molar-refractivity contribution < 1.29 is 0 Å². The zero-order valence-electron chi connectivity index (χ0n) is 12.2. The molecule has 0 bridgehead atoms. The molecule has 1 aromatic rings. The molecular formula is C16H23N3. The van der Waals surface area contributed by atoms with Crippen LogP contribution in [-0.2, 0) is 6.54 Å². The molecule has 1 unspecified atom stereocenters. The molecule has 1 saturated heterocycles. The van der Waals surface area contributed by atoms with Gasteiger partial charge in [0.25, 0.3) is 0 Å². The molecule has 1 atom stereocenters. The maximum absolute atomic E-state index is 8.90. The molecule has 0 N–H and O–H groups in total. The molecule has 0 saturated carbocycles. The lowest BCUT2D eigenvalue weighted by Crippen LogP contribution is -2.51. The first-order chi connectivity index (χ1) is 9.13. The molecular weight excluding hydrogens is 234 g/mol. The maximum atomic E-state index is 8.90. The highest BCUT2D eigenvalue weighted by Gasteiger charge is 2.22. The van der Waals surface area contributed by atoms with E-state index in [-0.39, 0.29) is 0 Å². The summed E-state index contributed by atoms with van der Waals surface area (Å²) in [5, 5.41) is 8.90. The van der Waals surface area contributed by atoms with Crippen molar-refractivity contribution in [3.05, 3.63) is 34.9 Å². The summed E-state index contributed by atoms with van der Waals surface area (Å²) in [5.41, 5.74) is 3.33. The van der Waals surface area contributed by atoms with Gasteiger partial charge in [0.1, 0.15) is 0 Å². The van der Waals surface area contributed by atoms with E-state index in [9.17, 15) is 0 Å². The fraction of sp³-hybridized carbons (Fsp3) is 0.562. The van der Waals surface area contributed by atoms with Crippen LogP contribution in [0.2, 0.25) is 0 Å². The van der Waals surface area contributed by atoms with Crippen molar-refractivity contribution in [2.24, 2.45) is 0 Å². The van der Waals surface area contributed by atoms with Crippen LogP contribution < -0.4 is 0 Å². The van der Waals surface area contributed by atoms with Gasteiger partial charge in [-0.15, -0.1) is 0 Å². The Labute approximate surface area is 116 Å². The third-order valence-corrected chi connectivity index (χ3v) is 4.12. The average Bonchev–Trinajstić information content (AvgIpc) is 2.41. The second-order valence-electron chi connectivity index (χ2n) is 5.47. The number of hydrogen-bond acceptors (Lipinski definition) is 3. The lowest BCUT2D eigenvalue weighted by molar-refractivity contribution is 0.0833. The summed E-state index contributed by atoms with van der Waals surface area (Å²) in [5.74, 6) is 0. The van der Waals surface area contributed by atoms with Gasteiger partial charge in [-0.2, -0.15) is 5.26 Å². The minimum absolute atomic E-state index is 0.637. The SMILES string of the molecule is CCN1CCN(Cc2ccc(C#N)cc2C)CC1C. The smallest absolute Gasteiger partial charge is 0.0991 e. The third-order valence-electron chi connectivity index (χ3n) is 4.12. The van der Waals surface area contributed by atoms with Crippen molar-refractivity contribution in [2.75, 3.05) is 26.2 Å². The van der Waals surface area contributed by atoms with E-state index in [0.717, 1.165) is 38.3 Å². The van der Waals surface area contributed by atoms with E-state index in [2.05, 4.69) is 42.7 Å². The summed E-state index contributed by atoms with van der Waals surface area (Å²) < 4.78 is 0. The molecule has 1 aliphatic heterocycles. The third kappa shape index (κ3) is 3.34. The molecule has 0 aliphatic carbocycles. The fourth-order valence-corrected chi connectivity index (χ4v) is 2.87. The first-order valence-electron chi connectivity index (χ1n) is 7.10. The Hall–Kier alpha value is -1.37. The number of nitrogens with zero attached hydrogens (tertiary/aromatic N) is 3. The number of hydrogen-bond donors (Lipinski definition) is 0. The van der Waals surface area contributed by atoms with E-state index in [1.807, 2.05) is 12.1 Å². The van der Waals surface area contributed by atoms with Crippen molar-refractivity contribution in [1.29, 1.82) is 5.26 Å². The number of benzene rings is 1. The van der Waals surface area contributed by atoms with Gasteiger partial charge in [0.2, 0.25) is 0 Å². The predicted molar refractivity (Wildman–Crippen MR) is 77.9 cm³/mol. The predicted octanol–water partition coefficient (Wildman–Crippen LogP) is 2.39. The molecule has 1 fully saturated rings. The summed E-state index contributed by atoms with van der Waals surface area (Å²) in [4.78, 5) is 5.05. The van der Waals surface area contributed by atoms with Crippen LogP contribution in [0.25, 0.3) is 0 Å². The van der Waals surface area contributed by atoms with Crippen LogP contribution in [0, 0.1) is 18.3 Å². The molecule has 0 radical (unpaired) electrons. The lowest BCUT2D eigenvalue weighted by atomic mass is 10.0. The number of aryl methyl sites for hydroxylation is 1. The minimum atomic E-state index is 0.637. The topological polar surface area (TPSA) is 30.3 Å². The van der Waals surface area contributed by atoms with E-state index >= 15 is 0 Å². The first kappa shape index (κ1) is 14.0. The highest BCUT2D eigenvalue weighted by molar-refractivity contribution is 5.37. The average molecular weight is 257 g/mol. The van der Waals surface area contributed by atoms with E-state index in [1.165, 1.54) is 11.1 Å². The molecule has 0 spiro atoms. The number of piperazine rings is 1. The number of likely N-dealkylation sites (N-methyl/N-ethyl adjacent to an activating group) is 1. The van der Waals surface area contributed by atoms with Gasteiger partial charge in [0, 0.05) is 32.2 Å². The largest absolute Gasteiger partial charge is 0.298 e. The van der Waals surface area contributed by atoms with Crippen LogP contribution in [0.15, 0.2) is 18.2 Å². The van der Waals surface area contributed by atoms with E-state index in [1.54, 1.807) is 0 Å². The molecule has 0 aromatic heterocycles. The van der Waals surface area contributed by atoms with Gasteiger partial charge in [0.15, 0.2) is 0 Å². The molecule has 19 heavy (non-hydrogen) atoms. The molecule has 2 rings (SSSR count). The number of rotatable bonds is 3. The standard InChI is InChI=1S/C16H23N3/c1-4-19-8-7-18(11-14(19)3)12-16-6-5-15(10-17)9-13(16)2/h5-6,9,14H,4,7-8,11-12H2,1-3H3. The Kier molecular flexibility index (Phi) is 4.57. The Morgan fingerprint density at radius 1 is 1.37 bits per heavy atom. The van der Waals surface area contributed by atoms with Gasteiger partial charge >= 0.3 is 0 Å². The van der Waals surface area contributed by atoms with Crippen LogP contribution in [0.4, 0.5) is 0 Å². The van der Waals surface area contributed by atoms with Gasteiger partial charge in [-0.05, 0) is 43.7 Å². The monoisotopic (exact) mass is 257 g/mol. The van der Waals surface area contributed by atoms with E-state index < -0.39 is 0 Å². The van der Waals surface area contributed by atoms with Crippen LogP contribution >= 0.6 is 0 Å². The van der Waals surface area contributed by atoms with Crippen LogP contribution in [0.3, 0.4) is 0 Å². The summed E-state index contributed by atoms with van der Waals surface area (Å²) in [7, 11) is 0. The molecule has 1 aromatic carbocycles. The van der Waals surface area contributed by atoms with Gasteiger partial charge in [0.05, 0.1) is 11.6 Å². The highest BCUT2D eigenvalue weighted by atomic mass is 15.3. The van der Waals surface area contributed by atoms with Crippen molar-refractivity contribution >= 4 is 0 Å². The fourth-order valence-electron chi connectivity index (χ4n) is 2.87. The Morgan fingerprint density at radius 2 is 2.16 bits per heavy atom. The Bertz CT molecular complexity index is 475. The lowest BCUT2D eigenvalue weighted by Gasteiger charge is -2.39. The second kappa shape index (κ2) is 6.18. The van der Waals surface area contributed by atoms with Crippen molar-refractivity contribution in [1.82, 2.24) is 9.80 Å². The highest BCUT2D eigenvalue weighted by Crippen LogP contribution is 2.16. The molecule has 1 heterocycles. The van der Waals surface area contributed by atoms with E-state index in [0.29, 0.717) is 6.04 Å². The zero-order chi connectivity index (χ0) is 13.8. The molecule has 0 amide bonds. The zero-order valence-corrected chi connectivity index (χ0v) is 12.2. The van der Waals surface area contributed by atoms with Gasteiger partial charge in [-0.1, -0.05) is 13.0 Å². The summed E-state index contributed by atoms with van der Waals surface area (Å²) in [6.45, 7) is 12.2. The Balaban J connectivity index is 2.01. The molecule has 3 heteroatoms. The van der Waals surface area contributed by atoms with Gasteiger partial charge in [-0.3, -0.25) is 9.80 Å². The Morgan fingerprint density at radius 3 is 2.74 bits per heavy atom. The van der Waals surface area contributed by atoms with E-state index in [4.69, 9.17) is 5.26 Å². The quantitative estimate of drug-likeness (QED) is 0.833. The summed E-state index contributed by atoms with van der Waals surface area (Å²) in [6, 6.07) is 8.85. The van der Waals surface area contributed by atoms with Crippen LogP contribution in [-0.4, -0.2) is 42.0 Å². The van der Waals surface area contributed by atoms with Gasteiger partial charge in [-0.25, -0.2) is 0 Å². The molecule has 3 nitrogen and oxygen atoms in total. The normalized spacial score (nSPS) is 21.3. The minimum Gasteiger partial charge on any atom is -0.298 e. The summed E-state index contributed by atoms with van der Waals surface area (Å²) in [6.07, 6.45) is 0. The summed E-state index contributed by atoms with van der Waals surface area (Å²) >= 11 is 0. The van der Waals surface area contributed by atoms with Crippen LogP contribution in [0.1, 0.15) is 30.5 Å². The van der Waals surface area contributed by atoms with Crippen molar-refractivity contribution in [3.8, 4) is 6.07 Å². The molecule has 1 aliphatic rings. The van der Waals surface area contributed by atoms with Crippen molar-refractivity contribution in [2.45, 2.75) is 33.4 Å². The molecule has 102 valence electrons. The van der Waals surface area contributed by atoms with Crippen LogP contribution in [0.5, 0.6) is 0 Å². The van der Waals surface area contributed by atoms with Gasteiger partial charge < -0.3 is 0 Å². The first-order valence-corrected chi connectivity index (χ1v) is 7.10. The number of nitriles is 1.